The zero-order chi connectivity index (χ0) is 17.4. The predicted octanol–water partition coefficient (Wildman–Crippen LogP) is 2.41. The Morgan fingerprint density at radius 3 is 3.00 bits per heavy atom. The van der Waals surface area contributed by atoms with Crippen LogP contribution >= 0.6 is 0 Å². The van der Waals surface area contributed by atoms with E-state index < -0.39 is 11.4 Å². The molecule has 1 aliphatic rings. The molecule has 6 nitrogen and oxygen atoms in total. The van der Waals surface area contributed by atoms with Crippen molar-refractivity contribution >= 4 is 16.8 Å². The summed E-state index contributed by atoms with van der Waals surface area (Å²) >= 11 is 0. The molecular weight excluding hydrogens is 323 g/mol. The van der Waals surface area contributed by atoms with Gasteiger partial charge >= 0.3 is 0 Å². The molecule has 2 aromatic heterocycles. The lowest BCUT2D eigenvalue weighted by Gasteiger charge is -2.32. The number of H-pyrrole nitrogens is 2. The number of benzene rings is 1. The number of nitrogens with one attached hydrogen (secondary N) is 2. The van der Waals surface area contributed by atoms with E-state index in [1.807, 2.05) is 0 Å². The Kier molecular flexibility index (Phi) is 3.83. The van der Waals surface area contributed by atoms with Gasteiger partial charge in [-0.2, -0.15) is 0 Å². The summed E-state index contributed by atoms with van der Waals surface area (Å²) in [7, 11) is 0. The minimum atomic E-state index is -0.455. The Morgan fingerprint density at radius 1 is 1.32 bits per heavy atom. The number of carbonyl (C=O) groups excluding carboxylic acids is 1. The molecule has 0 spiro atoms. The van der Waals surface area contributed by atoms with Gasteiger partial charge in [0.15, 0.2) is 0 Å². The highest BCUT2D eigenvalue weighted by Gasteiger charge is 2.27. The summed E-state index contributed by atoms with van der Waals surface area (Å²) in [6.07, 6.45) is 5.30. The van der Waals surface area contributed by atoms with Crippen LogP contribution in [-0.4, -0.2) is 38.8 Å². The molecule has 2 N–H and O–H groups in total. The lowest BCUT2D eigenvalue weighted by atomic mass is 9.96. The van der Waals surface area contributed by atoms with Crippen molar-refractivity contribution in [3.63, 3.8) is 0 Å². The van der Waals surface area contributed by atoms with E-state index >= 15 is 0 Å². The lowest BCUT2D eigenvalue weighted by molar-refractivity contribution is 0.0706. The van der Waals surface area contributed by atoms with Crippen LogP contribution in [0.25, 0.3) is 10.9 Å². The number of piperidine rings is 1. The van der Waals surface area contributed by atoms with Crippen LogP contribution in [0.15, 0.2) is 41.5 Å². The molecule has 0 aliphatic carbocycles. The Bertz CT molecular complexity index is 980. The minimum absolute atomic E-state index is 0.151. The van der Waals surface area contributed by atoms with Gasteiger partial charge in [-0.1, -0.05) is 0 Å². The van der Waals surface area contributed by atoms with Crippen LogP contribution < -0.4 is 5.56 Å². The van der Waals surface area contributed by atoms with E-state index in [9.17, 15) is 14.0 Å². The molecule has 128 valence electrons. The fraction of sp³-hybridized carbons (Fsp3) is 0.278. The van der Waals surface area contributed by atoms with E-state index in [0.717, 1.165) is 18.7 Å². The molecule has 1 atom stereocenters. The van der Waals surface area contributed by atoms with Gasteiger partial charge in [0.05, 0.1) is 11.1 Å². The first kappa shape index (κ1) is 15.6. The summed E-state index contributed by atoms with van der Waals surface area (Å²) in [6.45, 7) is 1.17. The molecule has 1 fully saturated rings. The van der Waals surface area contributed by atoms with Gasteiger partial charge in [0.1, 0.15) is 11.6 Å². The SMILES string of the molecule is O=C(c1cc(=O)[nH]c2cc(F)ccc12)N1CCC[C@@H](c2ncc[nH]2)C1. The number of aromatic nitrogens is 3. The van der Waals surface area contributed by atoms with E-state index in [2.05, 4.69) is 15.0 Å². The standard InChI is InChI=1S/C18H17FN4O2/c19-12-3-4-13-14(9-16(24)22-15(13)8-12)18(25)23-7-1-2-11(10-23)17-20-5-6-21-17/h3-6,8-9,11H,1-2,7,10H2,(H,20,21)(H,22,24)/t11-/m1/s1. The van der Waals surface area contributed by atoms with Crippen LogP contribution in [0.1, 0.15) is 34.9 Å². The average molecular weight is 340 g/mol. The quantitative estimate of drug-likeness (QED) is 0.752. The smallest absolute Gasteiger partial charge is 0.254 e. The maximum Gasteiger partial charge on any atom is 0.254 e. The second-order valence-corrected chi connectivity index (χ2v) is 6.30. The van der Waals surface area contributed by atoms with Gasteiger partial charge in [0.2, 0.25) is 5.56 Å². The maximum absolute atomic E-state index is 13.4. The molecular formula is C18H17FN4O2. The van der Waals surface area contributed by atoms with Crippen LogP contribution in [0.5, 0.6) is 0 Å². The van der Waals surface area contributed by atoms with E-state index in [1.54, 1.807) is 17.3 Å². The van der Waals surface area contributed by atoms with Crippen LogP contribution in [-0.2, 0) is 0 Å². The number of hydrogen-bond acceptors (Lipinski definition) is 3. The highest BCUT2D eigenvalue weighted by atomic mass is 19.1. The van der Waals surface area contributed by atoms with E-state index in [4.69, 9.17) is 0 Å². The zero-order valence-electron chi connectivity index (χ0n) is 13.5. The third-order valence-corrected chi connectivity index (χ3v) is 4.65. The molecule has 1 aromatic carbocycles. The van der Waals surface area contributed by atoms with Gasteiger partial charge in [0.25, 0.3) is 5.91 Å². The summed E-state index contributed by atoms with van der Waals surface area (Å²) < 4.78 is 13.4. The second kappa shape index (κ2) is 6.16. The number of likely N-dealkylation sites (tertiary alicyclic amines) is 1. The van der Waals surface area contributed by atoms with Crippen molar-refractivity contribution in [1.29, 1.82) is 0 Å². The number of carbonyl (C=O) groups is 1. The normalized spacial score (nSPS) is 17.8. The number of pyridine rings is 1. The Labute approximate surface area is 142 Å². The highest BCUT2D eigenvalue weighted by molar-refractivity contribution is 6.06. The van der Waals surface area contributed by atoms with Crippen molar-refractivity contribution in [2.45, 2.75) is 18.8 Å². The van der Waals surface area contributed by atoms with E-state index in [-0.39, 0.29) is 11.8 Å². The maximum atomic E-state index is 13.4. The van der Waals surface area contributed by atoms with Crippen molar-refractivity contribution in [2.24, 2.45) is 0 Å². The topological polar surface area (TPSA) is 81.8 Å². The van der Waals surface area contributed by atoms with Gasteiger partial charge in [-0.15, -0.1) is 0 Å². The molecule has 4 rings (SSSR count). The monoisotopic (exact) mass is 340 g/mol. The van der Waals surface area contributed by atoms with Crippen LogP contribution in [0.4, 0.5) is 4.39 Å². The number of imidazole rings is 1. The summed E-state index contributed by atoms with van der Waals surface area (Å²) in [4.78, 5) is 36.6. The molecule has 25 heavy (non-hydrogen) atoms. The van der Waals surface area contributed by atoms with Crippen molar-refractivity contribution in [3.05, 3.63) is 64.2 Å². The summed E-state index contributed by atoms with van der Waals surface area (Å²) in [5.41, 5.74) is 0.218. The largest absolute Gasteiger partial charge is 0.348 e. The lowest BCUT2D eigenvalue weighted by Crippen LogP contribution is -2.39. The molecule has 7 heteroatoms. The second-order valence-electron chi connectivity index (χ2n) is 6.30. The highest BCUT2D eigenvalue weighted by Crippen LogP contribution is 2.26. The Hall–Kier alpha value is -2.96. The van der Waals surface area contributed by atoms with Crippen LogP contribution in [0, 0.1) is 5.82 Å². The fourth-order valence-corrected chi connectivity index (χ4v) is 3.47. The molecule has 0 radical (unpaired) electrons. The Balaban J connectivity index is 1.69. The number of nitrogens with zero attached hydrogens (tertiary/aromatic N) is 2. The molecule has 1 saturated heterocycles. The molecule has 1 amide bonds. The third kappa shape index (κ3) is 2.93. The van der Waals surface area contributed by atoms with Gasteiger partial charge < -0.3 is 14.9 Å². The summed E-state index contributed by atoms with van der Waals surface area (Å²) in [5.74, 6) is 0.358. The van der Waals surface area contributed by atoms with Gasteiger partial charge in [-0.25, -0.2) is 9.37 Å². The summed E-state index contributed by atoms with van der Waals surface area (Å²) in [5, 5.41) is 0.547. The number of rotatable bonds is 2. The zero-order valence-corrected chi connectivity index (χ0v) is 13.5. The van der Waals surface area contributed by atoms with Crippen LogP contribution in [0.3, 0.4) is 0 Å². The van der Waals surface area contributed by atoms with Gasteiger partial charge in [-0.3, -0.25) is 9.59 Å². The van der Waals surface area contributed by atoms with E-state index in [0.29, 0.717) is 29.6 Å². The third-order valence-electron chi connectivity index (χ3n) is 4.65. The number of halogens is 1. The molecule has 0 unspecified atom stereocenters. The number of hydrogen-bond donors (Lipinski definition) is 2. The molecule has 0 saturated carbocycles. The van der Waals surface area contributed by atoms with Crippen molar-refractivity contribution in [1.82, 2.24) is 19.9 Å². The van der Waals surface area contributed by atoms with Crippen molar-refractivity contribution in [2.75, 3.05) is 13.1 Å². The first-order valence-corrected chi connectivity index (χ1v) is 8.23. The van der Waals surface area contributed by atoms with Crippen molar-refractivity contribution in [3.8, 4) is 0 Å². The molecule has 3 aromatic rings. The molecule has 3 heterocycles. The van der Waals surface area contributed by atoms with Crippen molar-refractivity contribution < 1.29 is 9.18 Å². The predicted molar refractivity (Wildman–Crippen MR) is 91.0 cm³/mol. The minimum Gasteiger partial charge on any atom is -0.348 e. The number of amides is 1. The first-order chi connectivity index (χ1) is 12.1. The van der Waals surface area contributed by atoms with Crippen LogP contribution in [0.2, 0.25) is 0 Å². The number of fused-ring (bicyclic) bond motifs is 1. The summed E-state index contributed by atoms with van der Waals surface area (Å²) in [6, 6.07) is 5.34. The molecule has 1 aliphatic heterocycles. The molecule has 0 bridgehead atoms. The van der Waals surface area contributed by atoms with Gasteiger partial charge in [-0.05, 0) is 31.0 Å². The first-order valence-electron chi connectivity index (χ1n) is 8.23. The van der Waals surface area contributed by atoms with E-state index in [1.165, 1.54) is 24.3 Å². The van der Waals surface area contributed by atoms with Gasteiger partial charge in [0, 0.05) is 42.9 Å². The number of aromatic amines is 2. The fourth-order valence-electron chi connectivity index (χ4n) is 3.47. The average Bonchev–Trinajstić information content (AvgIpc) is 3.15. The Morgan fingerprint density at radius 2 is 2.20 bits per heavy atom.